The van der Waals surface area contributed by atoms with Gasteiger partial charge in [0.05, 0.1) is 5.69 Å². The number of hydrogen-bond donors (Lipinski definition) is 3. The summed E-state index contributed by atoms with van der Waals surface area (Å²) in [6.07, 6.45) is 4.13. The molecule has 9 nitrogen and oxygen atoms in total. The standard InChI is InChI=1S/C27H36N8OS/c1-5-25(36)28-19-7-9-21(10-8-19)37-26-30-22(29-23-15-18(2)32-33-23)16-24(31-26)34-14-11-20(17-34)35-13-6-12-27(35,3)4/h7-10,15-16,20H,5-6,11-14,17H2,1-4H3,(H,28,36)(H2,29,30,31,32,33). The lowest BCUT2D eigenvalue weighted by molar-refractivity contribution is -0.115. The molecule has 10 heteroatoms. The molecule has 0 aliphatic carbocycles. The van der Waals surface area contributed by atoms with Crippen molar-refractivity contribution in [1.82, 2.24) is 25.1 Å². The largest absolute Gasteiger partial charge is 0.355 e. The highest BCUT2D eigenvalue weighted by atomic mass is 32.2. The van der Waals surface area contributed by atoms with Gasteiger partial charge in [-0.1, -0.05) is 6.92 Å². The number of aryl methyl sites for hydroxylation is 1. The molecule has 1 unspecified atom stereocenters. The van der Waals surface area contributed by atoms with E-state index in [1.807, 2.05) is 50.2 Å². The average Bonchev–Trinajstić information content (AvgIpc) is 3.59. The molecular weight excluding hydrogens is 484 g/mol. The van der Waals surface area contributed by atoms with Gasteiger partial charge in [0.2, 0.25) is 5.91 Å². The van der Waals surface area contributed by atoms with E-state index < -0.39 is 0 Å². The molecule has 4 heterocycles. The number of aromatic amines is 1. The van der Waals surface area contributed by atoms with Crippen LogP contribution in [-0.2, 0) is 4.79 Å². The van der Waals surface area contributed by atoms with Crippen molar-refractivity contribution in [3.63, 3.8) is 0 Å². The Balaban J connectivity index is 1.37. The molecule has 0 saturated carbocycles. The summed E-state index contributed by atoms with van der Waals surface area (Å²) < 4.78 is 0. The number of amides is 1. The van der Waals surface area contributed by atoms with Crippen molar-refractivity contribution in [2.45, 2.75) is 75.0 Å². The lowest BCUT2D eigenvalue weighted by Crippen LogP contribution is -2.46. The third kappa shape index (κ3) is 6.07. The van der Waals surface area contributed by atoms with Crippen LogP contribution in [0.3, 0.4) is 0 Å². The number of benzene rings is 1. The van der Waals surface area contributed by atoms with Gasteiger partial charge >= 0.3 is 0 Å². The van der Waals surface area contributed by atoms with Crippen LogP contribution >= 0.6 is 11.8 Å². The van der Waals surface area contributed by atoms with Crippen molar-refractivity contribution in [3.8, 4) is 0 Å². The van der Waals surface area contributed by atoms with Crippen LogP contribution in [0.25, 0.3) is 0 Å². The highest BCUT2D eigenvalue weighted by Crippen LogP contribution is 2.35. The summed E-state index contributed by atoms with van der Waals surface area (Å²) in [5.74, 6) is 2.46. The first kappa shape index (κ1) is 25.5. The van der Waals surface area contributed by atoms with Gasteiger partial charge in [0, 0.05) is 53.8 Å². The molecule has 5 rings (SSSR count). The predicted molar refractivity (Wildman–Crippen MR) is 149 cm³/mol. The zero-order valence-corrected chi connectivity index (χ0v) is 22.9. The number of hydrogen-bond acceptors (Lipinski definition) is 8. The van der Waals surface area contributed by atoms with Gasteiger partial charge in [-0.25, -0.2) is 9.97 Å². The lowest BCUT2D eigenvalue weighted by atomic mass is 10.0. The number of nitrogens with zero attached hydrogens (tertiary/aromatic N) is 5. The summed E-state index contributed by atoms with van der Waals surface area (Å²) in [5, 5.41) is 14.2. The first-order valence-corrected chi connectivity index (χ1v) is 13.9. The maximum absolute atomic E-state index is 11.7. The molecular formula is C27H36N8OS. The molecule has 2 fully saturated rings. The summed E-state index contributed by atoms with van der Waals surface area (Å²) in [6.45, 7) is 11.7. The topological polar surface area (TPSA) is 102 Å². The Morgan fingerprint density at radius 3 is 2.68 bits per heavy atom. The summed E-state index contributed by atoms with van der Waals surface area (Å²) in [7, 11) is 0. The van der Waals surface area contributed by atoms with Gasteiger partial charge in [-0.05, 0) is 82.6 Å². The zero-order valence-electron chi connectivity index (χ0n) is 22.0. The monoisotopic (exact) mass is 520 g/mol. The number of nitrogens with one attached hydrogen (secondary N) is 3. The predicted octanol–water partition coefficient (Wildman–Crippen LogP) is 5.20. The van der Waals surface area contributed by atoms with E-state index in [4.69, 9.17) is 9.97 Å². The van der Waals surface area contributed by atoms with Crippen LogP contribution in [-0.4, -0.2) is 62.2 Å². The SMILES string of the molecule is CCC(=O)Nc1ccc(Sc2nc(Nc3cc(C)n[nH]3)cc(N3CCC(N4CCCC4(C)C)C3)n2)cc1. The minimum absolute atomic E-state index is 0.00225. The number of aromatic nitrogens is 4. The van der Waals surface area contributed by atoms with Crippen molar-refractivity contribution in [1.29, 1.82) is 0 Å². The van der Waals surface area contributed by atoms with E-state index in [1.165, 1.54) is 31.1 Å². The zero-order chi connectivity index (χ0) is 26.0. The summed E-state index contributed by atoms with van der Waals surface area (Å²) >= 11 is 1.51. The van der Waals surface area contributed by atoms with Crippen LogP contribution in [0, 0.1) is 6.92 Å². The molecule has 0 bridgehead atoms. The van der Waals surface area contributed by atoms with E-state index in [9.17, 15) is 4.79 Å². The normalized spacial score (nSPS) is 19.4. The first-order chi connectivity index (χ1) is 17.8. The minimum atomic E-state index is 0.00225. The smallest absolute Gasteiger partial charge is 0.224 e. The quantitative estimate of drug-likeness (QED) is 0.348. The molecule has 3 N–H and O–H groups in total. The Kier molecular flexibility index (Phi) is 7.39. The number of carbonyl (C=O) groups excluding carboxylic acids is 1. The minimum Gasteiger partial charge on any atom is -0.355 e. The van der Waals surface area contributed by atoms with Gasteiger partial charge in [-0.15, -0.1) is 0 Å². The Morgan fingerprint density at radius 1 is 1.19 bits per heavy atom. The number of rotatable bonds is 8. The molecule has 37 heavy (non-hydrogen) atoms. The van der Waals surface area contributed by atoms with Crippen LogP contribution in [0.15, 0.2) is 46.5 Å². The Labute approximate surface area is 222 Å². The van der Waals surface area contributed by atoms with Crippen molar-refractivity contribution in [3.05, 3.63) is 42.1 Å². The van der Waals surface area contributed by atoms with Gasteiger partial charge in [0.1, 0.15) is 17.5 Å². The molecule has 3 aromatic rings. The molecule has 196 valence electrons. The van der Waals surface area contributed by atoms with Crippen LogP contribution in [0.2, 0.25) is 0 Å². The second-order valence-corrected chi connectivity index (χ2v) is 11.5. The van der Waals surface area contributed by atoms with Gasteiger partial charge < -0.3 is 15.5 Å². The van der Waals surface area contributed by atoms with Crippen LogP contribution < -0.4 is 15.5 Å². The van der Waals surface area contributed by atoms with E-state index in [2.05, 4.69) is 44.5 Å². The molecule has 1 atom stereocenters. The van der Waals surface area contributed by atoms with E-state index in [0.717, 1.165) is 53.2 Å². The van der Waals surface area contributed by atoms with Crippen LogP contribution in [0.4, 0.5) is 23.1 Å². The van der Waals surface area contributed by atoms with Crippen molar-refractivity contribution in [2.24, 2.45) is 0 Å². The van der Waals surface area contributed by atoms with Crippen molar-refractivity contribution >= 4 is 40.8 Å². The summed E-state index contributed by atoms with van der Waals surface area (Å²) in [6, 6.07) is 12.3. The molecule has 1 aromatic carbocycles. The van der Waals surface area contributed by atoms with Gasteiger partial charge in [0.25, 0.3) is 0 Å². The molecule has 0 radical (unpaired) electrons. The van der Waals surface area contributed by atoms with Crippen LogP contribution in [0.5, 0.6) is 0 Å². The summed E-state index contributed by atoms with van der Waals surface area (Å²) in [4.78, 5) is 27.5. The third-order valence-electron chi connectivity index (χ3n) is 7.22. The van der Waals surface area contributed by atoms with Crippen molar-refractivity contribution in [2.75, 3.05) is 35.2 Å². The Bertz CT molecular complexity index is 1240. The van der Waals surface area contributed by atoms with Gasteiger partial charge in [-0.2, -0.15) is 5.10 Å². The first-order valence-electron chi connectivity index (χ1n) is 13.1. The molecule has 2 aliphatic heterocycles. The van der Waals surface area contributed by atoms with E-state index in [-0.39, 0.29) is 11.4 Å². The average molecular weight is 521 g/mol. The van der Waals surface area contributed by atoms with E-state index >= 15 is 0 Å². The maximum Gasteiger partial charge on any atom is 0.224 e. The highest BCUT2D eigenvalue weighted by Gasteiger charge is 2.39. The second-order valence-electron chi connectivity index (χ2n) is 10.5. The fraction of sp³-hybridized carbons (Fsp3) is 0.481. The third-order valence-corrected chi connectivity index (χ3v) is 8.10. The fourth-order valence-corrected chi connectivity index (χ4v) is 6.05. The molecule has 1 amide bonds. The molecule has 2 saturated heterocycles. The summed E-state index contributed by atoms with van der Waals surface area (Å²) in [5.41, 5.74) is 1.97. The Morgan fingerprint density at radius 2 is 2.00 bits per heavy atom. The number of likely N-dealkylation sites (tertiary alicyclic amines) is 1. The van der Waals surface area contributed by atoms with E-state index in [1.54, 1.807) is 0 Å². The second kappa shape index (κ2) is 10.7. The lowest BCUT2D eigenvalue weighted by Gasteiger charge is -2.36. The maximum atomic E-state index is 11.7. The highest BCUT2D eigenvalue weighted by molar-refractivity contribution is 7.99. The Hall–Kier alpha value is -3.11. The van der Waals surface area contributed by atoms with E-state index in [0.29, 0.717) is 17.6 Å². The number of carbonyl (C=O) groups is 1. The fourth-order valence-electron chi connectivity index (χ4n) is 5.28. The van der Waals surface area contributed by atoms with Gasteiger partial charge in [0.15, 0.2) is 5.16 Å². The van der Waals surface area contributed by atoms with Gasteiger partial charge in [-0.3, -0.25) is 14.8 Å². The molecule has 2 aromatic heterocycles. The number of H-pyrrole nitrogens is 1. The van der Waals surface area contributed by atoms with Crippen LogP contribution in [0.1, 0.15) is 52.1 Å². The molecule has 0 spiro atoms. The molecule has 2 aliphatic rings. The van der Waals surface area contributed by atoms with Crippen molar-refractivity contribution < 1.29 is 4.79 Å². The number of anilines is 4.